The van der Waals surface area contributed by atoms with Gasteiger partial charge in [0.1, 0.15) is 0 Å². The summed E-state index contributed by atoms with van der Waals surface area (Å²) in [5.74, 6) is -0.0454. The van der Waals surface area contributed by atoms with E-state index in [0.717, 1.165) is 25.8 Å². The molecule has 0 radical (unpaired) electrons. The van der Waals surface area contributed by atoms with Gasteiger partial charge in [0.25, 0.3) is 0 Å². The molecular weight excluding hydrogens is 280 g/mol. The van der Waals surface area contributed by atoms with Crippen molar-refractivity contribution in [1.29, 1.82) is 0 Å². The predicted molar refractivity (Wildman–Crippen MR) is 81.2 cm³/mol. The summed E-state index contributed by atoms with van der Waals surface area (Å²) in [6.07, 6.45) is 3.03. The van der Waals surface area contributed by atoms with Gasteiger partial charge in [-0.05, 0) is 37.6 Å². The van der Waals surface area contributed by atoms with E-state index in [-0.39, 0.29) is 24.4 Å². The van der Waals surface area contributed by atoms with E-state index < -0.39 is 6.03 Å². The highest BCUT2D eigenvalue weighted by atomic mass is 35.5. The second kappa shape index (κ2) is 7.72. The van der Waals surface area contributed by atoms with E-state index in [9.17, 15) is 9.59 Å². The summed E-state index contributed by atoms with van der Waals surface area (Å²) in [7, 11) is 0. The number of primary amides is 1. The topological polar surface area (TPSA) is 96.2 Å². The van der Waals surface area contributed by atoms with Crippen LogP contribution in [0.5, 0.6) is 0 Å². The molecule has 1 aromatic rings. The Bertz CT molecular complexity index is 475. The normalized spacial score (nSPS) is 17.7. The first-order valence-electron chi connectivity index (χ1n) is 6.36. The van der Waals surface area contributed by atoms with Crippen molar-refractivity contribution in [2.45, 2.75) is 25.3 Å². The average Bonchev–Trinajstić information content (AvgIpc) is 2.39. The van der Waals surface area contributed by atoms with Gasteiger partial charge in [0.15, 0.2) is 0 Å². The number of piperidine rings is 1. The van der Waals surface area contributed by atoms with Crippen molar-refractivity contribution in [3.8, 4) is 0 Å². The lowest BCUT2D eigenvalue weighted by molar-refractivity contribution is -0.118. The standard InChI is InChI=1S/C13H18N4O2.ClH/c14-13(19)17-10-5-3-4-9(8-10)16-12(18)11-6-1-2-7-15-11;/h3-5,8,11,15H,1-2,6-7H2,(H,16,18)(H3,14,17,19);1H/t11-;/m1./s1. The first-order chi connectivity index (χ1) is 9.15. The number of anilines is 2. The molecule has 20 heavy (non-hydrogen) atoms. The maximum atomic E-state index is 12.0. The number of rotatable bonds is 3. The fourth-order valence-corrected chi connectivity index (χ4v) is 2.12. The third-order valence-corrected chi connectivity index (χ3v) is 3.02. The van der Waals surface area contributed by atoms with Crippen LogP contribution >= 0.6 is 12.4 Å². The van der Waals surface area contributed by atoms with Crippen molar-refractivity contribution in [3.05, 3.63) is 24.3 Å². The van der Waals surface area contributed by atoms with Gasteiger partial charge in [0, 0.05) is 11.4 Å². The number of hydrogen-bond acceptors (Lipinski definition) is 3. The first kappa shape index (κ1) is 16.3. The van der Waals surface area contributed by atoms with Crippen LogP contribution in [0.3, 0.4) is 0 Å². The number of amides is 3. The minimum atomic E-state index is -0.627. The van der Waals surface area contributed by atoms with Crippen molar-refractivity contribution in [2.75, 3.05) is 17.2 Å². The molecule has 6 nitrogen and oxygen atoms in total. The largest absolute Gasteiger partial charge is 0.351 e. The molecule has 1 saturated heterocycles. The van der Waals surface area contributed by atoms with Crippen LogP contribution in [0.4, 0.5) is 16.2 Å². The summed E-state index contributed by atoms with van der Waals surface area (Å²) in [5, 5.41) is 8.49. The lowest BCUT2D eigenvalue weighted by Crippen LogP contribution is -2.43. The fraction of sp³-hybridized carbons (Fsp3) is 0.385. The van der Waals surface area contributed by atoms with Crippen molar-refractivity contribution >= 4 is 35.7 Å². The zero-order valence-corrected chi connectivity index (χ0v) is 11.8. The molecule has 0 saturated carbocycles. The molecule has 1 aliphatic heterocycles. The Morgan fingerprint density at radius 3 is 2.50 bits per heavy atom. The van der Waals surface area contributed by atoms with Gasteiger partial charge in [-0.15, -0.1) is 12.4 Å². The minimum Gasteiger partial charge on any atom is -0.351 e. The van der Waals surface area contributed by atoms with Crippen LogP contribution in [0.15, 0.2) is 24.3 Å². The van der Waals surface area contributed by atoms with Crippen LogP contribution in [0.2, 0.25) is 0 Å². The molecule has 1 aliphatic rings. The summed E-state index contributed by atoms with van der Waals surface area (Å²) < 4.78 is 0. The van der Waals surface area contributed by atoms with E-state index in [1.807, 2.05) is 0 Å². The number of hydrogen-bond donors (Lipinski definition) is 4. The Labute approximate surface area is 123 Å². The summed E-state index contributed by atoms with van der Waals surface area (Å²) in [5.41, 5.74) is 6.24. The average molecular weight is 299 g/mol. The zero-order chi connectivity index (χ0) is 13.7. The Balaban J connectivity index is 0.00000200. The molecule has 0 aliphatic carbocycles. The van der Waals surface area contributed by atoms with Crippen LogP contribution in [0.25, 0.3) is 0 Å². The second-order valence-electron chi connectivity index (χ2n) is 4.56. The van der Waals surface area contributed by atoms with Crippen LogP contribution in [0, 0.1) is 0 Å². The van der Waals surface area contributed by atoms with Gasteiger partial charge >= 0.3 is 6.03 Å². The number of nitrogens with one attached hydrogen (secondary N) is 3. The van der Waals surface area contributed by atoms with Gasteiger partial charge in [0.2, 0.25) is 5.91 Å². The Morgan fingerprint density at radius 2 is 1.90 bits per heavy atom. The van der Waals surface area contributed by atoms with Crippen LogP contribution < -0.4 is 21.7 Å². The maximum Gasteiger partial charge on any atom is 0.316 e. The van der Waals surface area contributed by atoms with E-state index >= 15 is 0 Å². The summed E-state index contributed by atoms with van der Waals surface area (Å²) in [6.45, 7) is 0.876. The third kappa shape index (κ3) is 4.71. The molecule has 0 spiro atoms. The second-order valence-corrected chi connectivity index (χ2v) is 4.56. The Morgan fingerprint density at radius 1 is 1.20 bits per heavy atom. The molecule has 1 fully saturated rings. The lowest BCUT2D eigenvalue weighted by Gasteiger charge is -2.22. The Kier molecular flexibility index (Phi) is 6.27. The number of carbonyl (C=O) groups is 2. The van der Waals surface area contributed by atoms with Gasteiger partial charge in [-0.25, -0.2) is 4.79 Å². The molecule has 3 amide bonds. The summed E-state index contributed by atoms with van der Waals surface area (Å²) >= 11 is 0. The monoisotopic (exact) mass is 298 g/mol. The zero-order valence-electron chi connectivity index (χ0n) is 11.0. The molecule has 7 heteroatoms. The molecule has 2 rings (SSSR count). The van der Waals surface area contributed by atoms with Crippen LogP contribution in [0.1, 0.15) is 19.3 Å². The highest BCUT2D eigenvalue weighted by Crippen LogP contribution is 2.16. The molecule has 0 bridgehead atoms. The third-order valence-electron chi connectivity index (χ3n) is 3.02. The van der Waals surface area contributed by atoms with Gasteiger partial charge in [-0.2, -0.15) is 0 Å². The van der Waals surface area contributed by atoms with E-state index in [2.05, 4.69) is 16.0 Å². The van der Waals surface area contributed by atoms with Crippen molar-refractivity contribution in [3.63, 3.8) is 0 Å². The lowest BCUT2D eigenvalue weighted by atomic mass is 10.0. The van der Waals surface area contributed by atoms with Crippen LogP contribution in [-0.4, -0.2) is 24.5 Å². The van der Waals surface area contributed by atoms with Crippen molar-refractivity contribution in [2.24, 2.45) is 5.73 Å². The van der Waals surface area contributed by atoms with E-state index in [4.69, 9.17) is 5.73 Å². The van der Waals surface area contributed by atoms with E-state index in [1.54, 1.807) is 24.3 Å². The number of benzene rings is 1. The predicted octanol–water partition coefficient (Wildman–Crippen LogP) is 1.68. The Hall–Kier alpha value is -1.79. The SMILES string of the molecule is Cl.NC(=O)Nc1cccc(NC(=O)[C@H]2CCCCN2)c1. The molecule has 1 heterocycles. The molecule has 0 aromatic heterocycles. The number of urea groups is 1. The first-order valence-corrected chi connectivity index (χ1v) is 6.36. The number of halogens is 1. The summed E-state index contributed by atoms with van der Waals surface area (Å²) in [6, 6.07) is 6.13. The summed E-state index contributed by atoms with van der Waals surface area (Å²) in [4.78, 5) is 22.8. The van der Waals surface area contributed by atoms with E-state index in [0.29, 0.717) is 11.4 Å². The molecular formula is C13H19ClN4O2. The van der Waals surface area contributed by atoms with Crippen molar-refractivity contribution < 1.29 is 9.59 Å². The molecule has 0 unspecified atom stereocenters. The van der Waals surface area contributed by atoms with Gasteiger partial charge < -0.3 is 21.7 Å². The molecule has 1 atom stereocenters. The minimum absolute atomic E-state index is 0. The number of carbonyl (C=O) groups excluding carboxylic acids is 2. The molecule has 5 N–H and O–H groups in total. The quantitative estimate of drug-likeness (QED) is 0.683. The van der Waals surface area contributed by atoms with Gasteiger partial charge in [-0.3, -0.25) is 4.79 Å². The van der Waals surface area contributed by atoms with Crippen LogP contribution in [-0.2, 0) is 4.79 Å². The van der Waals surface area contributed by atoms with Gasteiger partial charge in [0.05, 0.1) is 6.04 Å². The highest BCUT2D eigenvalue weighted by molar-refractivity contribution is 5.96. The maximum absolute atomic E-state index is 12.0. The van der Waals surface area contributed by atoms with E-state index in [1.165, 1.54) is 0 Å². The number of nitrogens with two attached hydrogens (primary N) is 1. The molecule has 110 valence electrons. The smallest absolute Gasteiger partial charge is 0.316 e. The molecule has 1 aromatic carbocycles. The fourth-order valence-electron chi connectivity index (χ4n) is 2.12. The van der Waals surface area contributed by atoms with Gasteiger partial charge in [-0.1, -0.05) is 12.5 Å². The highest BCUT2D eigenvalue weighted by Gasteiger charge is 2.20. The van der Waals surface area contributed by atoms with Crippen molar-refractivity contribution in [1.82, 2.24) is 5.32 Å².